The summed E-state index contributed by atoms with van der Waals surface area (Å²) in [4.78, 5) is 39.1. The van der Waals surface area contributed by atoms with Gasteiger partial charge in [0, 0.05) is 11.9 Å². The molecule has 1 aromatic carbocycles. The molecule has 130 valence electrons. The van der Waals surface area contributed by atoms with Gasteiger partial charge in [-0.25, -0.2) is 14.6 Å². The summed E-state index contributed by atoms with van der Waals surface area (Å²) in [5.41, 5.74) is 2.53. The highest BCUT2D eigenvalue weighted by Crippen LogP contribution is 2.15. The molecule has 0 saturated carbocycles. The Morgan fingerprint density at radius 2 is 1.96 bits per heavy atom. The van der Waals surface area contributed by atoms with Gasteiger partial charge in [0.05, 0.1) is 5.56 Å². The molecule has 0 radical (unpaired) electrons. The standard InChI is InChI=1S/C17H16ClN3O4/c1-10-5-6-13(11(2)8-10)20-17(24)21-14(22)9-25-16(23)12-4-3-7-19-15(12)18/h3-8H,9H2,1-2H3,(H2,20,21,22,24). The van der Waals surface area contributed by atoms with Crippen molar-refractivity contribution in [3.8, 4) is 0 Å². The zero-order valence-corrected chi connectivity index (χ0v) is 14.4. The van der Waals surface area contributed by atoms with Crippen LogP contribution in [-0.2, 0) is 9.53 Å². The maximum Gasteiger partial charge on any atom is 0.341 e. The third-order valence-electron chi connectivity index (χ3n) is 3.20. The van der Waals surface area contributed by atoms with Crippen LogP contribution in [0.2, 0.25) is 5.15 Å². The Morgan fingerprint density at radius 1 is 1.20 bits per heavy atom. The number of anilines is 1. The number of aromatic nitrogens is 1. The third-order valence-corrected chi connectivity index (χ3v) is 3.50. The molecule has 0 atom stereocenters. The van der Waals surface area contributed by atoms with Crippen LogP contribution < -0.4 is 10.6 Å². The number of aryl methyl sites for hydroxylation is 2. The molecule has 0 bridgehead atoms. The molecular weight excluding hydrogens is 346 g/mol. The lowest BCUT2D eigenvalue weighted by Crippen LogP contribution is -2.37. The monoisotopic (exact) mass is 361 g/mol. The predicted octanol–water partition coefficient (Wildman–Crippen LogP) is 2.86. The second-order valence-corrected chi connectivity index (χ2v) is 5.60. The molecule has 1 aromatic heterocycles. The highest BCUT2D eigenvalue weighted by atomic mass is 35.5. The van der Waals surface area contributed by atoms with E-state index in [0.29, 0.717) is 5.69 Å². The smallest absolute Gasteiger partial charge is 0.341 e. The lowest BCUT2D eigenvalue weighted by molar-refractivity contribution is -0.123. The van der Waals surface area contributed by atoms with Gasteiger partial charge in [-0.3, -0.25) is 10.1 Å². The van der Waals surface area contributed by atoms with E-state index in [0.717, 1.165) is 11.1 Å². The molecule has 25 heavy (non-hydrogen) atoms. The first-order chi connectivity index (χ1) is 11.9. The number of hydrogen-bond donors (Lipinski definition) is 2. The maximum absolute atomic E-state index is 11.8. The van der Waals surface area contributed by atoms with Crippen LogP contribution in [0.25, 0.3) is 0 Å². The number of hydrogen-bond acceptors (Lipinski definition) is 5. The van der Waals surface area contributed by atoms with Crippen LogP contribution in [0.1, 0.15) is 21.5 Å². The van der Waals surface area contributed by atoms with E-state index in [1.165, 1.54) is 18.3 Å². The van der Waals surface area contributed by atoms with Crippen molar-refractivity contribution in [3.63, 3.8) is 0 Å². The van der Waals surface area contributed by atoms with Gasteiger partial charge in [0.15, 0.2) is 6.61 Å². The molecule has 7 nitrogen and oxygen atoms in total. The molecule has 0 aliphatic rings. The number of imide groups is 1. The molecule has 3 amide bonds. The molecular formula is C17H16ClN3O4. The number of nitrogens with one attached hydrogen (secondary N) is 2. The Kier molecular flexibility index (Phi) is 6.08. The average molecular weight is 362 g/mol. The van der Waals surface area contributed by atoms with Gasteiger partial charge in [0.1, 0.15) is 5.15 Å². The quantitative estimate of drug-likeness (QED) is 0.644. The number of pyridine rings is 1. The second kappa shape index (κ2) is 8.25. The van der Waals surface area contributed by atoms with Gasteiger partial charge in [0.25, 0.3) is 5.91 Å². The topological polar surface area (TPSA) is 97.4 Å². The minimum atomic E-state index is -0.803. The van der Waals surface area contributed by atoms with Gasteiger partial charge in [-0.15, -0.1) is 0 Å². The van der Waals surface area contributed by atoms with E-state index in [4.69, 9.17) is 16.3 Å². The van der Waals surface area contributed by atoms with E-state index in [2.05, 4.69) is 15.6 Å². The molecule has 0 unspecified atom stereocenters. The highest BCUT2D eigenvalue weighted by molar-refractivity contribution is 6.32. The van der Waals surface area contributed by atoms with E-state index >= 15 is 0 Å². The van der Waals surface area contributed by atoms with Crippen molar-refractivity contribution >= 4 is 35.2 Å². The Hall–Kier alpha value is -2.93. The van der Waals surface area contributed by atoms with Crippen LogP contribution in [0, 0.1) is 13.8 Å². The summed E-state index contributed by atoms with van der Waals surface area (Å²) in [6.45, 7) is 3.15. The van der Waals surface area contributed by atoms with Crippen molar-refractivity contribution < 1.29 is 19.1 Å². The minimum absolute atomic E-state index is 0.0273. The molecule has 0 aliphatic heterocycles. The van der Waals surface area contributed by atoms with Crippen LogP contribution in [0.5, 0.6) is 0 Å². The fraction of sp³-hybridized carbons (Fsp3) is 0.176. The predicted molar refractivity (Wildman–Crippen MR) is 92.6 cm³/mol. The van der Waals surface area contributed by atoms with Crippen LogP contribution in [-0.4, -0.2) is 29.5 Å². The second-order valence-electron chi connectivity index (χ2n) is 5.24. The van der Waals surface area contributed by atoms with Crippen LogP contribution in [0.3, 0.4) is 0 Å². The number of carbonyl (C=O) groups excluding carboxylic acids is 3. The summed E-state index contributed by atoms with van der Waals surface area (Å²) in [6.07, 6.45) is 1.42. The van der Waals surface area contributed by atoms with Crippen molar-refractivity contribution in [2.24, 2.45) is 0 Å². The maximum atomic E-state index is 11.8. The van der Waals surface area contributed by atoms with E-state index in [1.54, 1.807) is 6.07 Å². The molecule has 0 fully saturated rings. The number of nitrogens with zero attached hydrogens (tertiary/aromatic N) is 1. The van der Waals surface area contributed by atoms with Gasteiger partial charge in [-0.1, -0.05) is 29.3 Å². The first-order valence-electron chi connectivity index (χ1n) is 7.32. The number of ether oxygens (including phenoxy) is 1. The fourth-order valence-corrected chi connectivity index (χ4v) is 2.21. The lowest BCUT2D eigenvalue weighted by Gasteiger charge is -2.10. The number of benzene rings is 1. The van der Waals surface area contributed by atoms with Gasteiger partial charge in [-0.2, -0.15) is 0 Å². The number of carbonyl (C=O) groups is 3. The number of halogens is 1. The molecule has 2 rings (SSSR count). The fourth-order valence-electron chi connectivity index (χ4n) is 2.02. The van der Waals surface area contributed by atoms with Gasteiger partial charge in [0.2, 0.25) is 0 Å². The Balaban J connectivity index is 1.84. The number of amides is 3. The van der Waals surface area contributed by atoms with E-state index < -0.39 is 24.5 Å². The molecule has 1 heterocycles. The largest absolute Gasteiger partial charge is 0.452 e. The van der Waals surface area contributed by atoms with E-state index in [-0.39, 0.29) is 10.7 Å². The van der Waals surface area contributed by atoms with Crippen LogP contribution >= 0.6 is 11.6 Å². The first kappa shape index (κ1) is 18.4. The van der Waals surface area contributed by atoms with Crippen molar-refractivity contribution in [2.45, 2.75) is 13.8 Å². The summed E-state index contributed by atoms with van der Waals surface area (Å²) in [5.74, 6) is -1.57. The van der Waals surface area contributed by atoms with E-state index in [1.807, 2.05) is 26.0 Å². The van der Waals surface area contributed by atoms with Gasteiger partial charge in [-0.05, 0) is 37.6 Å². The molecule has 8 heteroatoms. The zero-order valence-electron chi connectivity index (χ0n) is 13.6. The molecule has 2 N–H and O–H groups in total. The van der Waals surface area contributed by atoms with Gasteiger partial charge < -0.3 is 10.1 Å². The first-order valence-corrected chi connectivity index (χ1v) is 7.70. The van der Waals surface area contributed by atoms with Gasteiger partial charge >= 0.3 is 12.0 Å². The van der Waals surface area contributed by atoms with Crippen molar-refractivity contribution in [1.82, 2.24) is 10.3 Å². The van der Waals surface area contributed by atoms with Crippen molar-refractivity contribution in [3.05, 3.63) is 58.4 Å². The Bertz CT molecular complexity index is 823. The van der Waals surface area contributed by atoms with Crippen molar-refractivity contribution in [2.75, 3.05) is 11.9 Å². The normalized spacial score (nSPS) is 10.0. The molecule has 0 saturated heterocycles. The molecule has 0 aliphatic carbocycles. The summed E-state index contributed by atoms with van der Waals surface area (Å²) in [5, 5.41) is 4.60. The van der Waals surface area contributed by atoms with Crippen LogP contribution in [0.15, 0.2) is 36.5 Å². The number of urea groups is 1. The Labute approximate surface area is 149 Å². The van der Waals surface area contributed by atoms with Crippen molar-refractivity contribution in [1.29, 1.82) is 0 Å². The lowest BCUT2D eigenvalue weighted by atomic mass is 10.1. The average Bonchev–Trinajstić information content (AvgIpc) is 2.55. The minimum Gasteiger partial charge on any atom is -0.452 e. The highest BCUT2D eigenvalue weighted by Gasteiger charge is 2.15. The number of esters is 1. The Morgan fingerprint density at radius 3 is 2.64 bits per heavy atom. The van der Waals surface area contributed by atoms with E-state index in [9.17, 15) is 14.4 Å². The number of rotatable bonds is 4. The summed E-state index contributed by atoms with van der Waals surface area (Å²) >= 11 is 5.76. The summed E-state index contributed by atoms with van der Waals surface area (Å²) in [7, 11) is 0. The summed E-state index contributed by atoms with van der Waals surface area (Å²) < 4.78 is 4.81. The molecule has 0 spiro atoms. The summed E-state index contributed by atoms with van der Waals surface area (Å²) in [6, 6.07) is 7.69. The molecule has 2 aromatic rings. The van der Waals surface area contributed by atoms with Crippen LogP contribution in [0.4, 0.5) is 10.5 Å². The third kappa shape index (κ3) is 5.29. The zero-order chi connectivity index (χ0) is 18.4. The SMILES string of the molecule is Cc1ccc(NC(=O)NC(=O)COC(=O)c2cccnc2Cl)c(C)c1.